The van der Waals surface area contributed by atoms with Crippen LogP contribution in [0.1, 0.15) is 45.4 Å². The van der Waals surface area contributed by atoms with Gasteiger partial charge in [0.2, 0.25) is 0 Å². The molecule has 0 radical (unpaired) electrons. The van der Waals surface area contributed by atoms with Crippen molar-refractivity contribution in [2.24, 2.45) is 11.3 Å². The van der Waals surface area contributed by atoms with Crippen molar-refractivity contribution in [3.8, 4) is 0 Å². The van der Waals surface area contributed by atoms with Gasteiger partial charge in [0, 0.05) is 30.5 Å². The summed E-state index contributed by atoms with van der Waals surface area (Å²) in [5.74, 6) is -2.61. The van der Waals surface area contributed by atoms with Crippen molar-refractivity contribution in [1.82, 2.24) is 15.1 Å². The van der Waals surface area contributed by atoms with Crippen LogP contribution in [0.25, 0.3) is 0 Å². The van der Waals surface area contributed by atoms with Gasteiger partial charge in [-0.3, -0.25) is 14.6 Å². The van der Waals surface area contributed by atoms with E-state index < -0.39 is 5.92 Å². The third kappa shape index (κ3) is 3.75. The van der Waals surface area contributed by atoms with E-state index in [0.717, 1.165) is 58.4 Å². The van der Waals surface area contributed by atoms with Gasteiger partial charge in [0.25, 0.3) is 5.92 Å². The summed E-state index contributed by atoms with van der Waals surface area (Å²) in [5, 5.41) is 3.42. The van der Waals surface area contributed by atoms with E-state index in [1.165, 1.54) is 0 Å². The molecular weight excluding hydrogens is 352 g/mol. The molecule has 7 heteroatoms. The van der Waals surface area contributed by atoms with Crippen LogP contribution in [0.15, 0.2) is 0 Å². The van der Waals surface area contributed by atoms with Crippen LogP contribution in [0.4, 0.5) is 8.78 Å². The Kier molecular flexibility index (Phi) is 5.47. The highest BCUT2D eigenvalue weighted by Crippen LogP contribution is 2.54. The van der Waals surface area contributed by atoms with Crippen LogP contribution in [0, 0.1) is 11.3 Å². The topological polar surface area (TPSA) is 44.8 Å². The van der Waals surface area contributed by atoms with Gasteiger partial charge in [-0.15, -0.1) is 0 Å². The molecule has 4 aliphatic rings. The van der Waals surface area contributed by atoms with Gasteiger partial charge in [-0.25, -0.2) is 8.78 Å². The maximum atomic E-state index is 13.8. The van der Waals surface area contributed by atoms with E-state index in [0.29, 0.717) is 13.0 Å². The Labute approximate surface area is 160 Å². The molecule has 154 valence electrons. The molecule has 4 fully saturated rings. The standard InChI is InChI=1S/C20H33F2N3O2/c1-2-27-18(26)17-16(12-19(17)7-8-23-13-19)24-10-4-15(5-11-24)25-9-3-6-20(21,22)14-25/h15-17,23H,2-14H2,1H3. The largest absolute Gasteiger partial charge is 0.466 e. The van der Waals surface area contributed by atoms with E-state index in [1.54, 1.807) is 0 Å². The number of esters is 1. The monoisotopic (exact) mass is 385 g/mol. The van der Waals surface area contributed by atoms with Crippen molar-refractivity contribution in [2.75, 3.05) is 45.9 Å². The molecule has 0 amide bonds. The van der Waals surface area contributed by atoms with Gasteiger partial charge in [0.15, 0.2) is 0 Å². The molecule has 1 spiro atoms. The third-order valence-corrected chi connectivity index (χ3v) is 7.38. The lowest BCUT2D eigenvalue weighted by Crippen LogP contribution is -2.65. The molecule has 3 aliphatic heterocycles. The molecule has 3 atom stereocenters. The SMILES string of the molecule is CCOC(=O)C1C(N2CCC(N3CCCC(F)(F)C3)CC2)CC12CCNC2. The zero-order chi connectivity index (χ0) is 19.1. The summed E-state index contributed by atoms with van der Waals surface area (Å²) in [6.45, 7) is 6.70. The molecule has 0 bridgehead atoms. The first-order chi connectivity index (χ1) is 12.9. The lowest BCUT2D eigenvalue weighted by Gasteiger charge is -2.56. The second-order valence-electron chi connectivity index (χ2n) is 8.99. The zero-order valence-electron chi connectivity index (χ0n) is 16.4. The first-order valence-electron chi connectivity index (χ1n) is 10.7. The molecule has 3 unspecified atom stereocenters. The summed E-state index contributed by atoms with van der Waals surface area (Å²) in [5.41, 5.74) is 0.0721. The molecule has 1 saturated carbocycles. The number of hydrogen-bond donors (Lipinski definition) is 1. The summed E-state index contributed by atoms with van der Waals surface area (Å²) in [6, 6.07) is 0.517. The summed E-state index contributed by atoms with van der Waals surface area (Å²) < 4.78 is 32.9. The third-order valence-electron chi connectivity index (χ3n) is 7.38. The fourth-order valence-electron chi connectivity index (χ4n) is 5.98. The summed E-state index contributed by atoms with van der Waals surface area (Å²) in [7, 11) is 0. The minimum Gasteiger partial charge on any atom is -0.466 e. The molecule has 0 aromatic heterocycles. The van der Waals surface area contributed by atoms with E-state index in [-0.39, 0.29) is 42.4 Å². The number of nitrogens with one attached hydrogen (secondary N) is 1. The predicted octanol–water partition coefficient (Wildman–Crippen LogP) is 2.11. The van der Waals surface area contributed by atoms with Crippen LogP contribution in [-0.4, -0.2) is 79.7 Å². The van der Waals surface area contributed by atoms with Gasteiger partial charge in [-0.2, -0.15) is 0 Å². The van der Waals surface area contributed by atoms with Crippen molar-refractivity contribution in [2.45, 2.75) is 63.5 Å². The molecule has 5 nitrogen and oxygen atoms in total. The smallest absolute Gasteiger partial charge is 0.311 e. The molecular formula is C20H33F2N3O2. The Hall–Kier alpha value is -0.790. The molecule has 4 rings (SSSR count). The number of rotatable bonds is 4. The number of alkyl halides is 2. The fraction of sp³-hybridized carbons (Fsp3) is 0.950. The highest BCUT2D eigenvalue weighted by Gasteiger charge is 2.60. The van der Waals surface area contributed by atoms with Crippen LogP contribution in [-0.2, 0) is 9.53 Å². The van der Waals surface area contributed by atoms with Gasteiger partial charge in [-0.1, -0.05) is 0 Å². The van der Waals surface area contributed by atoms with Crippen molar-refractivity contribution in [1.29, 1.82) is 0 Å². The van der Waals surface area contributed by atoms with Crippen molar-refractivity contribution >= 4 is 5.97 Å². The number of piperidine rings is 2. The van der Waals surface area contributed by atoms with Crippen LogP contribution < -0.4 is 5.32 Å². The van der Waals surface area contributed by atoms with Gasteiger partial charge in [-0.05, 0) is 65.2 Å². The Bertz CT molecular complexity index is 545. The average Bonchev–Trinajstić information content (AvgIpc) is 3.11. The lowest BCUT2D eigenvalue weighted by atomic mass is 9.55. The molecule has 3 saturated heterocycles. The van der Waals surface area contributed by atoms with E-state index in [9.17, 15) is 13.6 Å². The van der Waals surface area contributed by atoms with Crippen molar-refractivity contribution < 1.29 is 18.3 Å². The number of nitrogens with zero attached hydrogens (tertiary/aromatic N) is 2. The molecule has 1 N–H and O–H groups in total. The normalized spacial score (nSPS) is 38.0. The molecule has 3 heterocycles. The number of ether oxygens (including phenoxy) is 1. The number of carbonyl (C=O) groups excluding carboxylic acids is 1. The molecule has 1 aliphatic carbocycles. The minimum atomic E-state index is -2.53. The number of hydrogen-bond acceptors (Lipinski definition) is 5. The quantitative estimate of drug-likeness (QED) is 0.751. The van der Waals surface area contributed by atoms with Gasteiger partial charge >= 0.3 is 5.97 Å². The maximum absolute atomic E-state index is 13.8. The number of halogens is 2. The number of carbonyl (C=O) groups is 1. The van der Waals surface area contributed by atoms with Gasteiger partial charge < -0.3 is 10.1 Å². The first kappa shape index (κ1) is 19.5. The van der Waals surface area contributed by atoms with Crippen molar-refractivity contribution in [3.63, 3.8) is 0 Å². The number of likely N-dealkylation sites (tertiary alicyclic amines) is 2. The van der Waals surface area contributed by atoms with Crippen LogP contribution in [0.3, 0.4) is 0 Å². The Morgan fingerprint density at radius 3 is 2.59 bits per heavy atom. The summed E-state index contributed by atoms with van der Waals surface area (Å²) in [6.07, 6.45) is 4.57. The minimum absolute atomic E-state index is 0.0295. The Morgan fingerprint density at radius 2 is 1.96 bits per heavy atom. The fourth-order valence-corrected chi connectivity index (χ4v) is 5.98. The zero-order valence-corrected chi connectivity index (χ0v) is 16.4. The Morgan fingerprint density at radius 1 is 1.19 bits per heavy atom. The van der Waals surface area contributed by atoms with E-state index in [1.807, 2.05) is 11.8 Å². The van der Waals surface area contributed by atoms with Gasteiger partial charge in [0.1, 0.15) is 0 Å². The van der Waals surface area contributed by atoms with Crippen LogP contribution in [0.5, 0.6) is 0 Å². The average molecular weight is 385 g/mol. The maximum Gasteiger partial charge on any atom is 0.311 e. The first-order valence-corrected chi connectivity index (χ1v) is 10.7. The van der Waals surface area contributed by atoms with E-state index in [2.05, 4.69) is 10.2 Å². The van der Waals surface area contributed by atoms with Crippen LogP contribution >= 0.6 is 0 Å². The van der Waals surface area contributed by atoms with Crippen molar-refractivity contribution in [3.05, 3.63) is 0 Å². The van der Waals surface area contributed by atoms with E-state index in [4.69, 9.17) is 4.74 Å². The second kappa shape index (κ2) is 7.56. The molecule has 0 aromatic carbocycles. The Balaban J connectivity index is 1.35. The predicted molar refractivity (Wildman–Crippen MR) is 98.8 cm³/mol. The highest BCUT2D eigenvalue weighted by molar-refractivity contribution is 5.76. The van der Waals surface area contributed by atoms with Crippen LogP contribution in [0.2, 0.25) is 0 Å². The summed E-state index contributed by atoms with van der Waals surface area (Å²) in [4.78, 5) is 17.1. The highest BCUT2D eigenvalue weighted by atomic mass is 19.3. The summed E-state index contributed by atoms with van der Waals surface area (Å²) >= 11 is 0. The second-order valence-corrected chi connectivity index (χ2v) is 8.99. The van der Waals surface area contributed by atoms with E-state index >= 15 is 0 Å². The molecule has 27 heavy (non-hydrogen) atoms. The molecule has 0 aromatic rings. The van der Waals surface area contributed by atoms with Gasteiger partial charge in [0.05, 0.1) is 19.1 Å². The lowest BCUT2D eigenvalue weighted by molar-refractivity contribution is -0.171.